The summed E-state index contributed by atoms with van der Waals surface area (Å²) in [4.78, 5) is 14.5. The van der Waals surface area contributed by atoms with Gasteiger partial charge in [0, 0.05) is 11.6 Å². The van der Waals surface area contributed by atoms with Crippen molar-refractivity contribution < 1.29 is 20.1 Å². The summed E-state index contributed by atoms with van der Waals surface area (Å²) < 4.78 is 0. The molecule has 0 spiro atoms. The monoisotopic (exact) mass is 205 g/mol. The molecule has 15 heavy (non-hydrogen) atoms. The highest BCUT2D eigenvalue weighted by Crippen LogP contribution is 2.32. The first-order valence-corrected chi connectivity index (χ1v) is 4.14. The van der Waals surface area contributed by atoms with Crippen molar-refractivity contribution in [2.75, 3.05) is 0 Å². The van der Waals surface area contributed by atoms with Gasteiger partial charge >= 0.3 is 5.97 Å². The molecule has 2 aromatic rings. The van der Waals surface area contributed by atoms with Crippen molar-refractivity contribution >= 4 is 16.7 Å². The van der Waals surface area contributed by atoms with Crippen LogP contribution in [0, 0.1) is 0 Å². The van der Waals surface area contributed by atoms with Crippen LogP contribution in [0.2, 0.25) is 0 Å². The Morgan fingerprint density at radius 1 is 1.13 bits per heavy atom. The summed E-state index contributed by atoms with van der Waals surface area (Å²) in [5.74, 6) is -1.55. The van der Waals surface area contributed by atoms with Gasteiger partial charge in [0.15, 0.2) is 5.69 Å². The summed E-state index contributed by atoms with van der Waals surface area (Å²) in [6.07, 6.45) is 1.27. The minimum Gasteiger partial charge on any atom is -0.507 e. The molecule has 1 aromatic heterocycles. The molecule has 0 saturated heterocycles. The number of aromatic hydroxyl groups is 2. The molecular weight excluding hydrogens is 198 g/mol. The fourth-order valence-electron chi connectivity index (χ4n) is 1.43. The van der Waals surface area contributed by atoms with Crippen LogP contribution >= 0.6 is 0 Å². The lowest BCUT2D eigenvalue weighted by Gasteiger charge is -2.05. The number of hydrogen-bond donors (Lipinski definition) is 3. The second-order valence-corrected chi connectivity index (χ2v) is 2.99. The zero-order valence-corrected chi connectivity index (χ0v) is 7.51. The Morgan fingerprint density at radius 2 is 1.80 bits per heavy atom. The van der Waals surface area contributed by atoms with Crippen molar-refractivity contribution in [1.82, 2.24) is 4.98 Å². The van der Waals surface area contributed by atoms with Gasteiger partial charge in [-0.1, -0.05) is 0 Å². The SMILES string of the molecule is O=C(O)c1nccc2c(O)ccc(O)c12. The van der Waals surface area contributed by atoms with E-state index in [9.17, 15) is 15.0 Å². The normalized spacial score (nSPS) is 10.4. The van der Waals surface area contributed by atoms with Crippen molar-refractivity contribution in [3.8, 4) is 11.5 Å². The van der Waals surface area contributed by atoms with E-state index in [0.717, 1.165) is 0 Å². The number of benzene rings is 1. The molecule has 0 bridgehead atoms. The molecule has 0 atom stereocenters. The third-order valence-electron chi connectivity index (χ3n) is 2.08. The summed E-state index contributed by atoms with van der Waals surface area (Å²) in [7, 11) is 0. The lowest BCUT2D eigenvalue weighted by molar-refractivity contribution is 0.0692. The molecular formula is C10H7NO4. The van der Waals surface area contributed by atoms with E-state index in [1.165, 1.54) is 24.4 Å². The van der Waals surface area contributed by atoms with E-state index in [-0.39, 0.29) is 28.0 Å². The summed E-state index contributed by atoms with van der Waals surface area (Å²) in [5.41, 5.74) is -0.277. The minimum absolute atomic E-state index is 0.0463. The highest BCUT2D eigenvalue weighted by atomic mass is 16.4. The zero-order chi connectivity index (χ0) is 11.0. The van der Waals surface area contributed by atoms with E-state index in [0.29, 0.717) is 0 Å². The van der Waals surface area contributed by atoms with Crippen LogP contribution in [-0.4, -0.2) is 26.3 Å². The van der Waals surface area contributed by atoms with Crippen LogP contribution in [0.25, 0.3) is 10.8 Å². The topological polar surface area (TPSA) is 90.7 Å². The smallest absolute Gasteiger partial charge is 0.355 e. The molecule has 0 aliphatic rings. The van der Waals surface area contributed by atoms with Crippen molar-refractivity contribution in [2.45, 2.75) is 0 Å². The van der Waals surface area contributed by atoms with Gasteiger partial charge in [-0.3, -0.25) is 0 Å². The Morgan fingerprint density at radius 3 is 2.47 bits per heavy atom. The number of carboxylic acid groups (broad SMARTS) is 1. The van der Waals surface area contributed by atoms with Crippen LogP contribution in [0.4, 0.5) is 0 Å². The van der Waals surface area contributed by atoms with Gasteiger partial charge in [-0.25, -0.2) is 9.78 Å². The van der Waals surface area contributed by atoms with E-state index in [4.69, 9.17) is 5.11 Å². The molecule has 0 aliphatic heterocycles. The highest BCUT2D eigenvalue weighted by molar-refractivity contribution is 6.06. The number of carboxylic acids is 1. The fraction of sp³-hybridized carbons (Fsp3) is 0. The number of aromatic nitrogens is 1. The standard InChI is InChI=1S/C10H7NO4/c12-6-1-2-7(13)8-5(6)3-4-11-9(8)10(14)15/h1-4,12-13H,(H,14,15). The van der Waals surface area contributed by atoms with E-state index in [2.05, 4.69) is 4.98 Å². The van der Waals surface area contributed by atoms with Gasteiger partial charge in [0.2, 0.25) is 0 Å². The number of carbonyl (C=O) groups is 1. The van der Waals surface area contributed by atoms with Crippen molar-refractivity contribution in [3.05, 3.63) is 30.1 Å². The lowest BCUT2D eigenvalue weighted by atomic mass is 10.1. The van der Waals surface area contributed by atoms with Crippen LogP contribution in [0.3, 0.4) is 0 Å². The molecule has 0 saturated carbocycles. The first-order valence-electron chi connectivity index (χ1n) is 4.14. The minimum atomic E-state index is -1.25. The molecule has 0 amide bonds. The predicted molar refractivity (Wildman–Crippen MR) is 52.0 cm³/mol. The van der Waals surface area contributed by atoms with Crippen LogP contribution in [0.5, 0.6) is 11.5 Å². The first kappa shape index (κ1) is 9.26. The number of aromatic carboxylic acids is 1. The summed E-state index contributed by atoms with van der Waals surface area (Å²) in [6.45, 7) is 0. The van der Waals surface area contributed by atoms with E-state index in [1.807, 2.05) is 0 Å². The number of phenolic OH excluding ortho intramolecular Hbond substituents is 2. The average molecular weight is 205 g/mol. The van der Waals surface area contributed by atoms with Gasteiger partial charge in [0.1, 0.15) is 11.5 Å². The second-order valence-electron chi connectivity index (χ2n) is 2.99. The molecule has 0 radical (unpaired) electrons. The second kappa shape index (κ2) is 3.13. The number of hydrogen-bond acceptors (Lipinski definition) is 4. The van der Waals surface area contributed by atoms with Crippen molar-refractivity contribution in [3.63, 3.8) is 0 Å². The van der Waals surface area contributed by atoms with Crippen LogP contribution in [0.15, 0.2) is 24.4 Å². The zero-order valence-electron chi connectivity index (χ0n) is 7.51. The number of pyridine rings is 1. The van der Waals surface area contributed by atoms with Gasteiger partial charge < -0.3 is 15.3 Å². The van der Waals surface area contributed by atoms with E-state index < -0.39 is 5.97 Å². The summed E-state index contributed by atoms with van der Waals surface area (Å²) in [6, 6.07) is 3.96. The molecule has 5 nitrogen and oxygen atoms in total. The summed E-state index contributed by atoms with van der Waals surface area (Å²) >= 11 is 0. The maximum absolute atomic E-state index is 10.8. The first-order chi connectivity index (χ1) is 7.11. The Hall–Kier alpha value is -2.30. The molecule has 0 aliphatic carbocycles. The van der Waals surface area contributed by atoms with Crippen LogP contribution < -0.4 is 0 Å². The van der Waals surface area contributed by atoms with E-state index in [1.54, 1.807) is 0 Å². The van der Waals surface area contributed by atoms with Gasteiger partial charge in [-0.2, -0.15) is 0 Å². The number of fused-ring (bicyclic) bond motifs is 1. The van der Waals surface area contributed by atoms with E-state index >= 15 is 0 Å². The number of phenols is 2. The van der Waals surface area contributed by atoms with Crippen molar-refractivity contribution in [1.29, 1.82) is 0 Å². The quantitative estimate of drug-likeness (QED) is 0.611. The molecule has 1 aromatic carbocycles. The maximum Gasteiger partial charge on any atom is 0.355 e. The molecule has 2 rings (SSSR count). The molecule has 76 valence electrons. The largest absolute Gasteiger partial charge is 0.507 e. The van der Waals surface area contributed by atoms with Gasteiger partial charge in [-0.15, -0.1) is 0 Å². The molecule has 0 fully saturated rings. The Bertz CT molecular complexity index is 550. The van der Waals surface area contributed by atoms with Gasteiger partial charge in [-0.05, 0) is 18.2 Å². The highest BCUT2D eigenvalue weighted by Gasteiger charge is 2.15. The van der Waals surface area contributed by atoms with Crippen LogP contribution in [-0.2, 0) is 0 Å². The maximum atomic E-state index is 10.8. The fourth-order valence-corrected chi connectivity index (χ4v) is 1.43. The Labute approximate surface area is 84.2 Å². The number of rotatable bonds is 1. The van der Waals surface area contributed by atoms with Gasteiger partial charge in [0.05, 0.1) is 5.39 Å². The van der Waals surface area contributed by atoms with Crippen molar-refractivity contribution in [2.24, 2.45) is 0 Å². The number of nitrogens with zero attached hydrogens (tertiary/aromatic N) is 1. The molecule has 5 heteroatoms. The Kier molecular flexibility index (Phi) is 1.93. The Balaban J connectivity index is 2.96. The summed E-state index contributed by atoms with van der Waals surface area (Å²) in [5, 5.41) is 28.1. The molecule has 0 unspecified atom stereocenters. The molecule has 3 N–H and O–H groups in total. The van der Waals surface area contributed by atoms with Gasteiger partial charge in [0.25, 0.3) is 0 Å². The van der Waals surface area contributed by atoms with Crippen LogP contribution in [0.1, 0.15) is 10.5 Å². The predicted octanol–water partition coefficient (Wildman–Crippen LogP) is 1.34. The average Bonchev–Trinajstić information content (AvgIpc) is 2.23. The molecule has 1 heterocycles. The third kappa shape index (κ3) is 1.34. The lowest BCUT2D eigenvalue weighted by Crippen LogP contribution is -2.00. The third-order valence-corrected chi connectivity index (χ3v) is 2.08.